The zero-order chi connectivity index (χ0) is 18.3. The van der Waals surface area contributed by atoms with Gasteiger partial charge in [-0.2, -0.15) is 0 Å². The lowest BCUT2D eigenvalue weighted by Crippen LogP contribution is -2.49. The van der Waals surface area contributed by atoms with Gasteiger partial charge in [0.25, 0.3) is 0 Å². The first kappa shape index (κ1) is 25.9. The monoisotopic (exact) mass is 484 g/mol. The van der Waals surface area contributed by atoms with Gasteiger partial charge in [0, 0.05) is 45.4 Å². The Morgan fingerprint density at radius 2 is 1.81 bits per heavy atom. The molecule has 0 amide bonds. The smallest absolute Gasteiger partial charge is 0.191 e. The molecule has 1 fully saturated rings. The Bertz CT molecular complexity index is 348. The van der Waals surface area contributed by atoms with E-state index in [0.29, 0.717) is 12.0 Å². The third-order valence-electron chi connectivity index (χ3n) is 4.85. The van der Waals surface area contributed by atoms with Crippen molar-refractivity contribution < 1.29 is 9.47 Å². The van der Waals surface area contributed by atoms with Crippen LogP contribution in [0.3, 0.4) is 0 Å². The van der Waals surface area contributed by atoms with Gasteiger partial charge in [-0.05, 0) is 26.2 Å². The number of guanidine groups is 1. The van der Waals surface area contributed by atoms with E-state index >= 15 is 0 Å². The van der Waals surface area contributed by atoms with E-state index in [2.05, 4.69) is 36.3 Å². The number of morpholine rings is 1. The molecule has 26 heavy (non-hydrogen) atoms. The summed E-state index contributed by atoms with van der Waals surface area (Å²) in [6.45, 7) is 16.6. The lowest BCUT2D eigenvalue weighted by Gasteiger charge is -2.38. The van der Waals surface area contributed by atoms with Gasteiger partial charge in [-0.1, -0.05) is 26.7 Å². The number of ether oxygens (including phenoxy) is 2. The molecule has 0 aromatic heterocycles. The van der Waals surface area contributed by atoms with E-state index in [1.54, 1.807) is 0 Å². The van der Waals surface area contributed by atoms with E-state index in [4.69, 9.17) is 14.5 Å². The highest BCUT2D eigenvalue weighted by Crippen LogP contribution is 2.20. The zero-order valence-electron chi connectivity index (χ0n) is 17.3. The lowest BCUT2D eigenvalue weighted by atomic mass is 9.92. The quantitative estimate of drug-likeness (QED) is 0.193. The number of hydrogen-bond donors (Lipinski definition) is 2. The second kappa shape index (κ2) is 17.0. The van der Waals surface area contributed by atoms with Crippen molar-refractivity contribution in [3.05, 3.63) is 0 Å². The Morgan fingerprint density at radius 1 is 1.12 bits per heavy atom. The topological polar surface area (TPSA) is 58.1 Å². The molecule has 0 aliphatic carbocycles. The summed E-state index contributed by atoms with van der Waals surface area (Å²) >= 11 is 0. The first-order valence-corrected chi connectivity index (χ1v) is 10.2. The predicted octanol–water partition coefficient (Wildman–Crippen LogP) is 2.72. The highest BCUT2D eigenvalue weighted by atomic mass is 127. The van der Waals surface area contributed by atoms with Gasteiger partial charge in [-0.3, -0.25) is 9.89 Å². The third kappa shape index (κ3) is 10.3. The van der Waals surface area contributed by atoms with Crippen molar-refractivity contribution in [2.75, 3.05) is 59.2 Å². The molecule has 0 aromatic rings. The van der Waals surface area contributed by atoms with Gasteiger partial charge in [-0.15, -0.1) is 24.0 Å². The van der Waals surface area contributed by atoms with Crippen LogP contribution in [0, 0.1) is 5.92 Å². The highest BCUT2D eigenvalue weighted by molar-refractivity contribution is 14.0. The first-order valence-electron chi connectivity index (χ1n) is 10.2. The number of rotatable bonds is 12. The molecular weight excluding hydrogens is 443 g/mol. The van der Waals surface area contributed by atoms with Crippen LogP contribution >= 0.6 is 24.0 Å². The number of aliphatic imine (C=N–C) groups is 1. The minimum absolute atomic E-state index is 0. The molecule has 0 saturated carbocycles. The summed E-state index contributed by atoms with van der Waals surface area (Å²) in [6, 6.07) is 0.498. The van der Waals surface area contributed by atoms with Crippen molar-refractivity contribution in [1.82, 2.24) is 15.5 Å². The molecule has 0 bridgehead atoms. The fraction of sp³-hybridized carbons (Fsp3) is 0.947. The fourth-order valence-corrected chi connectivity index (χ4v) is 3.36. The van der Waals surface area contributed by atoms with Crippen LogP contribution in [0.25, 0.3) is 0 Å². The molecule has 1 aliphatic heterocycles. The van der Waals surface area contributed by atoms with Gasteiger partial charge < -0.3 is 20.1 Å². The Balaban J connectivity index is 0.00000625. The van der Waals surface area contributed by atoms with Crippen LogP contribution in [-0.2, 0) is 9.47 Å². The van der Waals surface area contributed by atoms with Crippen molar-refractivity contribution >= 4 is 29.9 Å². The predicted molar refractivity (Wildman–Crippen MR) is 121 cm³/mol. The largest absolute Gasteiger partial charge is 0.382 e. The van der Waals surface area contributed by atoms with E-state index in [9.17, 15) is 0 Å². The molecule has 1 unspecified atom stereocenters. The second-order valence-electron chi connectivity index (χ2n) is 6.49. The molecule has 2 N–H and O–H groups in total. The number of hydrogen-bond acceptors (Lipinski definition) is 4. The van der Waals surface area contributed by atoms with Crippen molar-refractivity contribution in [1.29, 1.82) is 0 Å². The Morgan fingerprint density at radius 3 is 2.38 bits per heavy atom. The van der Waals surface area contributed by atoms with Crippen LogP contribution in [0.15, 0.2) is 4.99 Å². The molecule has 0 radical (unpaired) electrons. The van der Waals surface area contributed by atoms with Gasteiger partial charge in [-0.25, -0.2) is 0 Å². The standard InChI is InChI=1S/C19H40N4O2.HI/c1-5-17(6-2)18(23-11-14-25-15-12-23)16-22-19(20-7-3)21-10-9-13-24-8-4;/h17-18H,5-16H2,1-4H3,(H2,20,21,22);1H. The van der Waals surface area contributed by atoms with Crippen LogP contribution in [0.4, 0.5) is 0 Å². The molecule has 7 heteroatoms. The molecule has 0 aromatic carbocycles. The summed E-state index contributed by atoms with van der Waals surface area (Å²) < 4.78 is 10.9. The van der Waals surface area contributed by atoms with Crippen LogP contribution in [-0.4, -0.2) is 76.1 Å². The van der Waals surface area contributed by atoms with Crippen molar-refractivity contribution in [3.63, 3.8) is 0 Å². The molecule has 6 nitrogen and oxygen atoms in total. The summed E-state index contributed by atoms with van der Waals surface area (Å²) in [7, 11) is 0. The molecule has 1 saturated heterocycles. The Hall–Kier alpha value is -0.120. The summed E-state index contributed by atoms with van der Waals surface area (Å²) in [5, 5.41) is 6.79. The Kier molecular flexibility index (Phi) is 16.9. The molecule has 0 spiro atoms. The number of nitrogens with one attached hydrogen (secondary N) is 2. The van der Waals surface area contributed by atoms with E-state index in [0.717, 1.165) is 71.5 Å². The van der Waals surface area contributed by atoms with Crippen LogP contribution in [0.5, 0.6) is 0 Å². The summed E-state index contributed by atoms with van der Waals surface area (Å²) in [5.74, 6) is 1.60. The molecule has 1 heterocycles. The molecular formula is C19H41IN4O2. The van der Waals surface area contributed by atoms with Crippen LogP contribution in [0.1, 0.15) is 47.0 Å². The zero-order valence-corrected chi connectivity index (χ0v) is 19.6. The van der Waals surface area contributed by atoms with Crippen molar-refractivity contribution in [2.45, 2.75) is 53.0 Å². The van der Waals surface area contributed by atoms with Gasteiger partial charge in [0.2, 0.25) is 0 Å². The van der Waals surface area contributed by atoms with E-state index in [1.165, 1.54) is 12.8 Å². The van der Waals surface area contributed by atoms with Gasteiger partial charge >= 0.3 is 0 Å². The van der Waals surface area contributed by atoms with Crippen molar-refractivity contribution in [2.24, 2.45) is 10.9 Å². The van der Waals surface area contributed by atoms with Crippen LogP contribution in [0.2, 0.25) is 0 Å². The van der Waals surface area contributed by atoms with Gasteiger partial charge in [0.05, 0.1) is 19.8 Å². The summed E-state index contributed by atoms with van der Waals surface area (Å²) in [6.07, 6.45) is 3.40. The normalized spacial score (nSPS) is 17.0. The maximum absolute atomic E-state index is 5.53. The van der Waals surface area contributed by atoms with E-state index < -0.39 is 0 Å². The minimum Gasteiger partial charge on any atom is -0.382 e. The number of nitrogens with zero attached hydrogens (tertiary/aromatic N) is 2. The minimum atomic E-state index is 0. The summed E-state index contributed by atoms with van der Waals surface area (Å²) in [5.41, 5.74) is 0. The van der Waals surface area contributed by atoms with Gasteiger partial charge in [0.15, 0.2) is 5.96 Å². The molecule has 1 atom stereocenters. The second-order valence-corrected chi connectivity index (χ2v) is 6.49. The van der Waals surface area contributed by atoms with E-state index in [-0.39, 0.29) is 24.0 Å². The highest BCUT2D eigenvalue weighted by Gasteiger charge is 2.26. The summed E-state index contributed by atoms with van der Waals surface area (Å²) in [4.78, 5) is 7.47. The molecule has 1 rings (SSSR count). The van der Waals surface area contributed by atoms with Crippen LogP contribution < -0.4 is 10.6 Å². The SMILES string of the molecule is CCNC(=NCC(C(CC)CC)N1CCOCC1)NCCCOCC.I. The van der Waals surface area contributed by atoms with E-state index in [1.807, 2.05) is 6.92 Å². The molecule has 1 aliphatic rings. The average Bonchev–Trinajstić information content (AvgIpc) is 2.65. The number of halogens is 1. The first-order chi connectivity index (χ1) is 12.3. The molecule has 156 valence electrons. The third-order valence-corrected chi connectivity index (χ3v) is 4.85. The van der Waals surface area contributed by atoms with Gasteiger partial charge in [0.1, 0.15) is 0 Å². The maximum atomic E-state index is 5.53. The lowest BCUT2D eigenvalue weighted by molar-refractivity contribution is 0.00395. The van der Waals surface area contributed by atoms with Crippen molar-refractivity contribution in [3.8, 4) is 0 Å². The maximum Gasteiger partial charge on any atom is 0.191 e. The fourth-order valence-electron chi connectivity index (χ4n) is 3.36. The Labute approximate surface area is 177 Å². The average molecular weight is 484 g/mol.